The van der Waals surface area contributed by atoms with Gasteiger partial charge in [0.05, 0.1) is 0 Å². The molecule has 0 fully saturated rings. The van der Waals surface area contributed by atoms with E-state index in [4.69, 9.17) is 4.74 Å². The van der Waals surface area contributed by atoms with Gasteiger partial charge in [0, 0.05) is 12.7 Å². The van der Waals surface area contributed by atoms with Crippen LogP contribution in [0.1, 0.15) is 30.0 Å². The number of rotatable bonds is 10. The Morgan fingerprint density at radius 2 is 1.50 bits per heavy atom. The second-order valence-corrected chi connectivity index (χ2v) is 7.30. The van der Waals surface area contributed by atoms with E-state index in [1.807, 2.05) is 20.0 Å². The zero-order valence-corrected chi connectivity index (χ0v) is 18.1. The molecule has 0 spiro atoms. The van der Waals surface area contributed by atoms with Crippen molar-refractivity contribution in [1.29, 1.82) is 0 Å². The molecule has 0 aromatic heterocycles. The van der Waals surface area contributed by atoms with Gasteiger partial charge >= 0.3 is 12.4 Å². The molecule has 0 aliphatic heterocycles. The Balaban J connectivity index is 2.53. The third kappa shape index (κ3) is 5.59. The van der Waals surface area contributed by atoms with Gasteiger partial charge in [-0.25, -0.2) is 0 Å². The SMILES string of the molecule is BCCc1ccc(Oc2ccc(C(OCOC)(C(F)(F)F)C(F)(F)F)cc2CCC)cc1. The van der Waals surface area contributed by atoms with Crippen molar-refractivity contribution < 1.29 is 40.6 Å². The molecule has 3 nitrogen and oxygen atoms in total. The molecular weight excluding hydrogens is 437 g/mol. The lowest BCUT2D eigenvalue weighted by atomic mass is 9.89. The molecule has 0 saturated carbocycles. The van der Waals surface area contributed by atoms with Crippen LogP contribution < -0.4 is 4.74 Å². The van der Waals surface area contributed by atoms with Crippen molar-refractivity contribution >= 4 is 7.85 Å². The first-order valence-electron chi connectivity index (χ1n) is 10.2. The maximum Gasteiger partial charge on any atom is 0.430 e. The van der Waals surface area contributed by atoms with E-state index in [9.17, 15) is 26.3 Å². The Bertz CT molecular complexity index is 851. The van der Waals surface area contributed by atoms with E-state index in [0.29, 0.717) is 12.2 Å². The van der Waals surface area contributed by atoms with Crippen molar-refractivity contribution in [2.45, 2.75) is 50.5 Å². The number of methoxy groups -OCH3 is 1. The molecule has 2 aromatic rings. The molecule has 0 aliphatic carbocycles. The molecule has 0 saturated heterocycles. The van der Waals surface area contributed by atoms with E-state index < -0.39 is 30.3 Å². The van der Waals surface area contributed by atoms with Crippen LogP contribution in [0.4, 0.5) is 26.3 Å². The number of aryl methyl sites for hydroxylation is 2. The molecule has 0 N–H and O–H groups in total. The number of benzene rings is 2. The number of hydrogen-bond donors (Lipinski definition) is 0. The van der Waals surface area contributed by atoms with Gasteiger partial charge in [0.15, 0.2) is 0 Å². The lowest BCUT2D eigenvalue weighted by Crippen LogP contribution is -2.56. The summed E-state index contributed by atoms with van der Waals surface area (Å²) in [5.41, 5.74) is -4.30. The zero-order valence-electron chi connectivity index (χ0n) is 18.1. The van der Waals surface area contributed by atoms with E-state index in [1.165, 1.54) is 0 Å². The van der Waals surface area contributed by atoms with Gasteiger partial charge in [-0.3, -0.25) is 0 Å². The molecular formula is C22H25BF6O3. The maximum atomic E-state index is 13.8. The molecule has 2 rings (SSSR count). The summed E-state index contributed by atoms with van der Waals surface area (Å²) in [4.78, 5) is 0. The number of halogens is 6. The summed E-state index contributed by atoms with van der Waals surface area (Å²) in [5.74, 6) is 0.618. The first-order valence-corrected chi connectivity index (χ1v) is 10.2. The van der Waals surface area contributed by atoms with Crippen molar-refractivity contribution in [3.8, 4) is 11.5 Å². The average Bonchev–Trinajstić information content (AvgIpc) is 2.70. The largest absolute Gasteiger partial charge is 0.457 e. The third-order valence-electron chi connectivity index (χ3n) is 4.87. The summed E-state index contributed by atoms with van der Waals surface area (Å²) in [5, 5.41) is 0. The lowest BCUT2D eigenvalue weighted by Gasteiger charge is -2.37. The van der Waals surface area contributed by atoms with Crippen molar-refractivity contribution in [2.24, 2.45) is 0 Å². The van der Waals surface area contributed by atoms with E-state index >= 15 is 0 Å². The van der Waals surface area contributed by atoms with Gasteiger partial charge < -0.3 is 14.2 Å². The lowest BCUT2D eigenvalue weighted by molar-refractivity contribution is -0.400. The fourth-order valence-corrected chi connectivity index (χ4v) is 3.38. The summed E-state index contributed by atoms with van der Waals surface area (Å²) < 4.78 is 97.3. The number of alkyl halides is 6. The van der Waals surface area contributed by atoms with Gasteiger partial charge in [0.2, 0.25) is 0 Å². The first-order chi connectivity index (χ1) is 15.0. The highest BCUT2D eigenvalue weighted by atomic mass is 19.4. The van der Waals surface area contributed by atoms with Crippen LogP contribution in [0.25, 0.3) is 0 Å². The minimum absolute atomic E-state index is 0.184. The molecule has 0 radical (unpaired) electrons. The smallest absolute Gasteiger partial charge is 0.430 e. The molecule has 0 unspecified atom stereocenters. The van der Waals surface area contributed by atoms with Gasteiger partial charge in [-0.15, -0.1) is 0 Å². The van der Waals surface area contributed by atoms with E-state index in [1.54, 1.807) is 19.1 Å². The maximum absolute atomic E-state index is 13.8. The predicted octanol–water partition coefficient (Wildman–Crippen LogP) is 5.97. The van der Waals surface area contributed by atoms with Crippen LogP contribution in [0.2, 0.25) is 6.32 Å². The highest BCUT2D eigenvalue weighted by molar-refractivity contribution is 6.08. The molecule has 0 aliphatic rings. The van der Waals surface area contributed by atoms with Crippen LogP contribution >= 0.6 is 0 Å². The van der Waals surface area contributed by atoms with Gasteiger partial charge in [-0.1, -0.05) is 37.9 Å². The van der Waals surface area contributed by atoms with Crippen LogP contribution in [0.3, 0.4) is 0 Å². The Morgan fingerprint density at radius 3 is 2.00 bits per heavy atom. The number of hydrogen-bond acceptors (Lipinski definition) is 3. The minimum Gasteiger partial charge on any atom is -0.457 e. The van der Waals surface area contributed by atoms with Crippen LogP contribution in [-0.2, 0) is 27.9 Å². The predicted molar refractivity (Wildman–Crippen MR) is 111 cm³/mol. The van der Waals surface area contributed by atoms with Crippen LogP contribution in [-0.4, -0.2) is 34.1 Å². The third-order valence-corrected chi connectivity index (χ3v) is 4.87. The first kappa shape index (κ1) is 26.1. The van der Waals surface area contributed by atoms with Gasteiger partial charge in [0.25, 0.3) is 5.60 Å². The van der Waals surface area contributed by atoms with Crippen molar-refractivity contribution in [3.63, 3.8) is 0 Å². The van der Waals surface area contributed by atoms with Crippen LogP contribution in [0.15, 0.2) is 42.5 Å². The van der Waals surface area contributed by atoms with Crippen LogP contribution in [0, 0.1) is 0 Å². The number of ether oxygens (including phenoxy) is 3. The van der Waals surface area contributed by atoms with E-state index in [2.05, 4.69) is 9.47 Å². The monoisotopic (exact) mass is 462 g/mol. The van der Waals surface area contributed by atoms with Crippen molar-refractivity contribution in [3.05, 3.63) is 59.2 Å². The van der Waals surface area contributed by atoms with Crippen molar-refractivity contribution in [2.75, 3.05) is 13.9 Å². The Hall–Kier alpha value is -2.20. The molecule has 176 valence electrons. The normalized spacial score (nSPS) is 12.8. The topological polar surface area (TPSA) is 27.7 Å². The Kier molecular flexibility index (Phi) is 8.64. The average molecular weight is 462 g/mol. The second-order valence-electron chi connectivity index (χ2n) is 7.30. The molecule has 0 heterocycles. The second kappa shape index (κ2) is 10.6. The quantitative estimate of drug-likeness (QED) is 0.248. The highest BCUT2D eigenvalue weighted by Gasteiger charge is 2.73. The van der Waals surface area contributed by atoms with Gasteiger partial charge in [0.1, 0.15) is 26.1 Å². The van der Waals surface area contributed by atoms with Gasteiger partial charge in [-0.05, 0) is 48.2 Å². The van der Waals surface area contributed by atoms with Crippen LogP contribution in [0.5, 0.6) is 11.5 Å². The summed E-state index contributed by atoms with van der Waals surface area (Å²) in [6.07, 6.45) is -9.00. The van der Waals surface area contributed by atoms with Gasteiger partial charge in [-0.2, -0.15) is 26.3 Å². The molecule has 0 bridgehead atoms. The molecule has 0 amide bonds. The molecule has 2 aromatic carbocycles. The zero-order chi connectivity index (χ0) is 24.0. The summed E-state index contributed by atoms with van der Waals surface area (Å²) in [6.45, 7) is 0.572. The Labute approximate surface area is 184 Å². The Morgan fingerprint density at radius 1 is 0.875 bits per heavy atom. The summed E-state index contributed by atoms with van der Waals surface area (Å²) in [6, 6.07) is 9.85. The fraction of sp³-hybridized carbons (Fsp3) is 0.455. The standard InChI is InChI=1S/C22H25BF6O3/c1-3-4-16-13-17(20(21(24,25)26,22(27,28)29)31-14-30-2)7-10-19(16)32-18-8-5-15(6-9-18)11-12-23/h5-10,13H,3-4,11-12,14,23H2,1-2H3. The minimum atomic E-state index is -5.77. The highest BCUT2D eigenvalue weighted by Crippen LogP contribution is 2.53. The molecule has 10 heteroatoms. The summed E-state index contributed by atoms with van der Waals surface area (Å²) >= 11 is 0. The van der Waals surface area contributed by atoms with Crippen molar-refractivity contribution in [1.82, 2.24) is 0 Å². The van der Waals surface area contributed by atoms with E-state index in [-0.39, 0.29) is 17.7 Å². The molecule has 0 atom stereocenters. The van der Waals surface area contributed by atoms with E-state index in [0.717, 1.165) is 43.6 Å². The summed E-state index contributed by atoms with van der Waals surface area (Å²) in [7, 11) is 2.99. The molecule has 32 heavy (non-hydrogen) atoms. The fourth-order valence-electron chi connectivity index (χ4n) is 3.38.